The van der Waals surface area contributed by atoms with E-state index in [4.69, 9.17) is 16.7 Å². The summed E-state index contributed by atoms with van der Waals surface area (Å²) in [5.74, 6) is 0.340. The number of nitro groups is 1. The van der Waals surface area contributed by atoms with E-state index in [0.29, 0.717) is 12.2 Å². The summed E-state index contributed by atoms with van der Waals surface area (Å²) < 4.78 is 0. The smallest absolute Gasteiger partial charge is 0.276 e. The molecule has 0 saturated carbocycles. The predicted molar refractivity (Wildman–Crippen MR) is 74.5 cm³/mol. The van der Waals surface area contributed by atoms with E-state index in [1.807, 2.05) is 20.8 Å². The average Bonchev–Trinajstić information content (AvgIpc) is 2.26. The maximum atomic E-state index is 10.8. The maximum absolute atomic E-state index is 10.8. The summed E-state index contributed by atoms with van der Waals surface area (Å²) in [5, 5.41) is 23.0. The highest BCUT2D eigenvalue weighted by atomic mass is 35.5. The predicted octanol–water partition coefficient (Wildman–Crippen LogP) is 2.85. The maximum Gasteiger partial charge on any atom is 0.276 e. The summed E-state index contributed by atoms with van der Waals surface area (Å²) in [6.45, 7) is 6.06. The molecule has 1 aromatic heterocycles. The van der Waals surface area contributed by atoms with Crippen molar-refractivity contribution in [2.24, 2.45) is 5.41 Å². The Morgan fingerprint density at radius 2 is 2.16 bits per heavy atom. The second-order valence-electron chi connectivity index (χ2n) is 5.37. The van der Waals surface area contributed by atoms with Gasteiger partial charge in [0.25, 0.3) is 5.69 Å². The first-order valence-electron chi connectivity index (χ1n) is 5.93. The zero-order chi connectivity index (χ0) is 14.6. The van der Waals surface area contributed by atoms with E-state index in [0.717, 1.165) is 0 Å². The minimum absolute atomic E-state index is 0.0254. The molecule has 1 heterocycles. The molecule has 106 valence electrons. The first-order valence-corrected chi connectivity index (χ1v) is 6.31. The molecule has 0 bridgehead atoms. The van der Waals surface area contributed by atoms with Crippen molar-refractivity contribution in [3.8, 4) is 0 Å². The van der Waals surface area contributed by atoms with Gasteiger partial charge in [-0.25, -0.2) is 4.98 Å². The Balaban J connectivity index is 2.99. The first kappa shape index (κ1) is 15.7. The Morgan fingerprint density at radius 3 is 2.63 bits per heavy atom. The van der Waals surface area contributed by atoms with Crippen molar-refractivity contribution in [3.63, 3.8) is 0 Å². The van der Waals surface area contributed by atoms with Crippen LogP contribution in [0.5, 0.6) is 0 Å². The van der Waals surface area contributed by atoms with Crippen LogP contribution in [0.25, 0.3) is 0 Å². The number of nitrogens with one attached hydrogen (secondary N) is 1. The molecule has 0 radical (unpaired) electrons. The number of hydrogen-bond donors (Lipinski definition) is 2. The highest BCUT2D eigenvalue weighted by Crippen LogP contribution is 2.27. The van der Waals surface area contributed by atoms with Gasteiger partial charge in [0.1, 0.15) is 11.0 Å². The van der Waals surface area contributed by atoms with Crippen molar-refractivity contribution in [1.82, 2.24) is 4.98 Å². The van der Waals surface area contributed by atoms with Crippen molar-refractivity contribution in [1.29, 1.82) is 0 Å². The molecule has 0 saturated heterocycles. The zero-order valence-electron chi connectivity index (χ0n) is 11.2. The second-order valence-corrected chi connectivity index (χ2v) is 5.75. The van der Waals surface area contributed by atoms with Crippen LogP contribution in [0, 0.1) is 15.5 Å². The number of rotatable bonds is 5. The van der Waals surface area contributed by atoms with Gasteiger partial charge in [0.2, 0.25) is 0 Å². The van der Waals surface area contributed by atoms with Crippen molar-refractivity contribution in [2.45, 2.75) is 33.2 Å². The van der Waals surface area contributed by atoms with Gasteiger partial charge in [-0.1, -0.05) is 32.4 Å². The second kappa shape index (κ2) is 6.16. The third kappa shape index (κ3) is 4.65. The standard InChI is InChI=1S/C12H18ClN3O3/c1-12(2,3)9(4-5-17)14-11-7-8(16(18)19)6-10(13)15-11/h6-7,9,17H,4-5H2,1-3H3,(H,14,15). The number of hydrogen-bond acceptors (Lipinski definition) is 5. The molecule has 6 nitrogen and oxygen atoms in total. The lowest BCUT2D eigenvalue weighted by Gasteiger charge is -2.31. The molecule has 0 aromatic carbocycles. The normalized spacial score (nSPS) is 13.1. The van der Waals surface area contributed by atoms with Crippen LogP contribution in [-0.4, -0.2) is 27.7 Å². The Morgan fingerprint density at radius 1 is 1.53 bits per heavy atom. The largest absolute Gasteiger partial charge is 0.396 e. The summed E-state index contributed by atoms with van der Waals surface area (Å²) in [7, 11) is 0. The van der Waals surface area contributed by atoms with Crippen molar-refractivity contribution in [3.05, 3.63) is 27.4 Å². The number of pyridine rings is 1. The van der Waals surface area contributed by atoms with Gasteiger partial charge in [0.05, 0.1) is 17.1 Å². The number of aliphatic hydroxyl groups is 1. The third-order valence-corrected chi connectivity index (χ3v) is 2.97. The Labute approximate surface area is 117 Å². The van der Waals surface area contributed by atoms with E-state index in [2.05, 4.69) is 10.3 Å². The van der Waals surface area contributed by atoms with Crippen LogP contribution in [0.2, 0.25) is 5.15 Å². The lowest BCUT2D eigenvalue weighted by Crippen LogP contribution is -2.35. The van der Waals surface area contributed by atoms with E-state index in [-0.39, 0.29) is 28.9 Å². The summed E-state index contributed by atoms with van der Waals surface area (Å²) >= 11 is 5.76. The summed E-state index contributed by atoms with van der Waals surface area (Å²) in [6, 6.07) is 2.47. The molecule has 0 aliphatic heterocycles. The Bertz CT molecular complexity index is 460. The Kier molecular flexibility index (Phi) is 5.08. The van der Waals surface area contributed by atoms with E-state index >= 15 is 0 Å². The van der Waals surface area contributed by atoms with Crippen molar-refractivity contribution < 1.29 is 10.0 Å². The van der Waals surface area contributed by atoms with E-state index in [9.17, 15) is 10.1 Å². The average molecular weight is 288 g/mol. The molecule has 1 unspecified atom stereocenters. The van der Waals surface area contributed by atoms with Crippen LogP contribution in [0.3, 0.4) is 0 Å². The molecule has 1 rings (SSSR count). The zero-order valence-corrected chi connectivity index (χ0v) is 11.9. The molecular weight excluding hydrogens is 270 g/mol. The molecule has 0 amide bonds. The number of aromatic nitrogens is 1. The molecule has 0 fully saturated rings. The minimum atomic E-state index is -0.517. The number of nitrogens with zero attached hydrogens (tertiary/aromatic N) is 2. The molecule has 19 heavy (non-hydrogen) atoms. The highest BCUT2D eigenvalue weighted by molar-refractivity contribution is 6.29. The molecule has 7 heteroatoms. The molecule has 0 spiro atoms. The highest BCUT2D eigenvalue weighted by Gasteiger charge is 2.25. The summed E-state index contributed by atoms with van der Waals surface area (Å²) in [6.07, 6.45) is 0.519. The number of halogens is 1. The molecule has 1 atom stereocenters. The van der Waals surface area contributed by atoms with Gasteiger partial charge >= 0.3 is 0 Å². The third-order valence-electron chi connectivity index (χ3n) is 2.77. The van der Waals surface area contributed by atoms with Gasteiger partial charge in [-0.2, -0.15) is 0 Å². The molecular formula is C12H18ClN3O3. The van der Waals surface area contributed by atoms with Crippen LogP contribution in [0.4, 0.5) is 11.5 Å². The van der Waals surface area contributed by atoms with E-state index in [1.54, 1.807) is 0 Å². The molecule has 1 aromatic rings. The van der Waals surface area contributed by atoms with Crippen LogP contribution < -0.4 is 5.32 Å². The van der Waals surface area contributed by atoms with Crippen LogP contribution in [0.1, 0.15) is 27.2 Å². The summed E-state index contributed by atoms with van der Waals surface area (Å²) in [4.78, 5) is 14.3. The lowest BCUT2D eigenvalue weighted by atomic mass is 9.85. The topological polar surface area (TPSA) is 88.3 Å². The van der Waals surface area contributed by atoms with Gasteiger partial charge in [-0.3, -0.25) is 10.1 Å². The van der Waals surface area contributed by atoms with Crippen molar-refractivity contribution in [2.75, 3.05) is 11.9 Å². The van der Waals surface area contributed by atoms with Gasteiger partial charge in [0, 0.05) is 12.6 Å². The van der Waals surface area contributed by atoms with Gasteiger partial charge in [-0.05, 0) is 11.8 Å². The molecule has 0 aliphatic carbocycles. The quantitative estimate of drug-likeness (QED) is 0.494. The fourth-order valence-electron chi connectivity index (χ4n) is 1.69. The fourth-order valence-corrected chi connectivity index (χ4v) is 1.89. The minimum Gasteiger partial charge on any atom is -0.396 e. The SMILES string of the molecule is CC(C)(C)C(CCO)Nc1cc([N+](=O)[O-])cc(Cl)n1. The summed E-state index contributed by atoms with van der Waals surface area (Å²) in [5.41, 5.74) is -0.235. The van der Waals surface area contributed by atoms with Gasteiger partial charge in [-0.15, -0.1) is 0 Å². The fraction of sp³-hybridized carbons (Fsp3) is 0.583. The van der Waals surface area contributed by atoms with Gasteiger partial charge < -0.3 is 10.4 Å². The van der Waals surface area contributed by atoms with Crippen molar-refractivity contribution >= 4 is 23.1 Å². The Hall–Kier alpha value is -1.40. The van der Waals surface area contributed by atoms with E-state index < -0.39 is 4.92 Å². The van der Waals surface area contributed by atoms with E-state index in [1.165, 1.54) is 12.1 Å². The number of anilines is 1. The first-order chi connectivity index (χ1) is 8.74. The lowest BCUT2D eigenvalue weighted by molar-refractivity contribution is -0.384. The van der Waals surface area contributed by atoms with Crippen LogP contribution in [0.15, 0.2) is 12.1 Å². The van der Waals surface area contributed by atoms with Crippen LogP contribution in [-0.2, 0) is 0 Å². The molecule has 2 N–H and O–H groups in total. The van der Waals surface area contributed by atoms with Gasteiger partial charge in [0.15, 0.2) is 0 Å². The molecule has 0 aliphatic rings. The monoisotopic (exact) mass is 287 g/mol. The van der Waals surface area contributed by atoms with Crippen LogP contribution >= 0.6 is 11.6 Å². The number of aliphatic hydroxyl groups excluding tert-OH is 1.